The summed E-state index contributed by atoms with van der Waals surface area (Å²) >= 11 is 0. The molecule has 2 aromatic carbocycles. The largest absolute Gasteiger partial charge is 0.504 e. The summed E-state index contributed by atoms with van der Waals surface area (Å²) in [5, 5.41) is 21.7. The van der Waals surface area contributed by atoms with Crippen molar-refractivity contribution in [2.75, 3.05) is 20.8 Å². The number of aromatic hydroxyl groups is 1. The van der Waals surface area contributed by atoms with Crippen molar-refractivity contribution in [2.24, 2.45) is 0 Å². The highest BCUT2D eigenvalue weighted by Crippen LogP contribution is 2.31. The maximum absolute atomic E-state index is 13.3. The van der Waals surface area contributed by atoms with Crippen molar-refractivity contribution in [3.63, 3.8) is 0 Å². The summed E-state index contributed by atoms with van der Waals surface area (Å²) in [5.41, 5.74) is 2.14. The highest BCUT2D eigenvalue weighted by molar-refractivity contribution is 6.03. The minimum absolute atomic E-state index is 0.0410. The minimum atomic E-state index is -0.538. The Labute approximate surface area is 228 Å². The summed E-state index contributed by atoms with van der Waals surface area (Å²) in [6.45, 7) is 0.340. The van der Waals surface area contributed by atoms with Gasteiger partial charge in [-0.2, -0.15) is 0 Å². The summed E-state index contributed by atoms with van der Waals surface area (Å²) in [5.74, 6) is -0.291. The van der Waals surface area contributed by atoms with Gasteiger partial charge in [-0.05, 0) is 43.2 Å². The maximum atomic E-state index is 13.3. The number of methoxy groups -OCH3 is 2. The number of carbonyl (C=O) groups is 2. The first-order valence-corrected chi connectivity index (χ1v) is 12.6. The number of phenolic OH excluding ortho intramolecular Hbond substituents is 1. The molecule has 210 valence electrons. The zero-order valence-electron chi connectivity index (χ0n) is 22.1. The van der Waals surface area contributed by atoms with Crippen molar-refractivity contribution in [2.45, 2.75) is 32.1 Å². The molecular weight excluding hydrogens is 520 g/mol. The SMILES string of the molecule is COc1ccc(-c2nc(C(=O)NCCCCCCC(=O)NO)c3[nH]c(=O)n(-c4ccccc4OC)c3n2)cc1O. The monoisotopic (exact) mass is 550 g/mol. The molecule has 0 bridgehead atoms. The number of phenols is 1. The lowest BCUT2D eigenvalue weighted by atomic mass is 10.1. The predicted molar refractivity (Wildman–Crippen MR) is 145 cm³/mol. The zero-order chi connectivity index (χ0) is 28.6. The Hall–Kier alpha value is -4.91. The van der Waals surface area contributed by atoms with Gasteiger partial charge in [-0.1, -0.05) is 25.0 Å². The Kier molecular flexibility index (Phi) is 8.96. The van der Waals surface area contributed by atoms with Crippen LogP contribution >= 0.6 is 0 Å². The van der Waals surface area contributed by atoms with E-state index in [1.54, 1.807) is 41.9 Å². The molecule has 0 radical (unpaired) electrons. The van der Waals surface area contributed by atoms with Crippen LogP contribution in [0.15, 0.2) is 47.3 Å². The van der Waals surface area contributed by atoms with Crippen LogP contribution in [0.3, 0.4) is 0 Å². The van der Waals surface area contributed by atoms with Gasteiger partial charge in [0.05, 0.1) is 19.9 Å². The Morgan fingerprint density at radius 1 is 1.00 bits per heavy atom. The lowest BCUT2D eigenvalue weighted by Gasteiger charge is -2.11. The fourth-order valence-electron chi connectivity index (χ4n) is 4.25. The van der Waals surface area contributed by atoms with Crippen molar-refractivity contribution in [1.82, 2.24) is 30.3 Å². The quantitative estimate of drug-likeness (QED) is 0.101. The van der Waals surface area contributed by atoms with Crippen molar-refractivity contribution in [3.8, 4) is 34.3 Å². The second-order valence-corrected chi connectivity index (χ2v) is 8.87. The van der Waals surface area contributed by atoms with E-state index < -0.39 is 17.5 Å². The molecule has 0 saturated heterocycles. The van der Waals surface area contributed by atoms with Crippen molar-refractivity contribution < 1.29 is 29.4 Å². The lowest BCUT2D eigenvalue weighted by Crippen LogP contribution is -2.26. The molecule has 0 aliphatic heterocycles. The van der Waals surface area contributed by atoms with E-state index in [1.807, 2.05) is 0 Å². The fraction of sp³-hybridized carbons (Fsp3) is 0.296. The normalized spacial score (nSPS) is 10.9. The molecule has 0 unspecified atom stereocenters. The standard InChI is InChI=1S/C27H30N6O7/c1-39-19-10-7-6-9-17(19)33-25-22(30-27(33)37)23(26(36)28-14-8-4-3-5-11-21(35)32-38)29-24(31-25)16-12-13-20(40-2)18(34)15-16/h6-7,9-10,12-13,15,34,38H,3-5,8,11,14H2,1-2H3,(H,28,36)(H,30,37)(H,32,35). The smallest absolute Gasteiger partial charge is 0.332 e. The molecule has 2 heterocycles. The number of aromatic nitrogens is 4. The van der Waals surface area contributed by atoms with Gasteiger partial charge < -0.3 is 24.9 Å². The van der Waals surface area contributed by atoms with Crippen molar-refractivity contribution in [3.05, 3.63) is 58.6 Å². The van der Waals surface area contributed by atoms with Gasteiger partial charge in [-0.3, -0.25) is 14.8 Å². The molecule has 0 aliphatic carbocycles. The molecule has 5 N–H and O–H groups in total. The third-order valence-electron chi connectivity index (χ3n) is 6.26. The number of imidazole rings is 1. The minimum Gasteiger partial charge on any atom is -0.504 e. The summed E-state index contributed by atoms with van der Waals surface area (Å²) < 4.78 is 11.9. The number of hydrogen-bond acceptors (Lipinski definition) is 9. The second-order valence-electron chi connectivity index (χ2n) is 8.87. The van der Waals surface area contributed by atoms with E-state index in [2.05, 4.69) is 20.3 Å². The molecule has 40 heavy (non-hydrogen) atoms. The molecule has 0 spiro atoms. The molecule has 0 aliphatic rings. The third kappa shape index (κ3) is 6.04. The molecule has 0 atom stereocenters. The van der Waals surface area contributed by atoms with Gasteiger partial charge >= 0.3 is 5.69 Å². The third-order valence-corrected chi connectivity index (χ3v) is 6.26. The number of nitrogens with one attached hydrogen (secondary N) is 3. The Morgan fingerprint density at radius 3 is 2.48 bits per heavy atom. The number of hydroxylamine groups is 1. The molecule has 13 heteroatoms. The Bertz CT molecular complexity index is 1580. The highest BCUT2D eigenvalue weighted by Gasteiger charge is 2.23. The first kappa shape index (κ1) is 28.1. The summed E-state index contributed by atoms with van der Waals surface area (Å²) in [6.07, 6.45) is 3.00. The van der Waals surface area contributed by atoms with Crippen molar-refractivity contribution >= 4 is 23.0 Å². The molecule has 2 amide bonds. The number of rotatable bonds is 12. The van der Waals surface area contributed by atoms with Gasteiger partial charge in [0.2, 0.25) is 5.91 Å². The van der Waals surface area contributed by atoms with Crippen LogP contribution < -0.4 is 26.0 Å². The average molecular weight is 551 g/mol. The molecular formula is C27H30N6O7. The molecule has 4 rings (SSSR count). The van der Waals surface area contributed by atoms with Gasteiger partial charge in [0.15, 0.2) is 28.7 Å². The van der Waals surface area contributed by atoms with E-state index in [0.717, 1.165) is 12.8 Å². The van der Waals surface area contributed by atoms with Crippen LogP contribution in [0.4, 0.5) is 0 Å². The number of amides is 2. The van der Waals surface area contributed by atoms with Crippen LogP contribution in [0.2, 0.25) is 0 Å². The topological polar surface area (TPSA) is 181 Å². The number of nitrogens with zero attached hydrogens (tertiary/aromatic N) is 3. The molecule has 13 nitrogen and oxygen atoms in total. The Balaban J connectivity index is 1.69. The molecule has 0 saturated carbocycles. The van der Waals surface area contributed by atoms with E-state index >= 15 is 0 Å². The predicted octanol–water partition coefficient (Wildman–Crippen LogP) is 2.68. The molecule has 0 fully saturated rings. The van der Waals surface area contributed by atoms with Crippen LogP contribution in [0.5, 0.6) is 17.2 Å². The van der Waals surface area contributed by atoms with E-state index in [0.29, 0.717) is 36.4 Å². The van der Waals surface area contributed by atoms with Gasteiger partial charge in [0, 0.05) is 18.5 Å². The van der Waals surface area contributed by atoms with Crippen LogP contribution in [0, 0.1) is 0 Å². The zero-order valence-corrected chi connectivity index (χ0v) is 22.1. The van der Waals surface area contributed by atoms with E-state index in [4.69, 9.17) is 14.7 Å². The van der Waals surface area contributed by atoms with Crippen LogP contribution in [-0.2, 0) is 4.79 Å². The first-order valence-electron chi connectivity index (χ1n) is 12.6. The van der Waals surface area contributed by atoms with Gasteiger partial charge in [-0.15, -0.1) is 0 Å². The van der Waals surface area contributed by atoms with E-state index in [-0.39, 0.29) is 40.6 Å². The molecule has 2 aromatic heterocycles. The van der Waals surface area contributed by atoms with Crippen molar-refractivity contribution in [1.29, 1.82) is 0 Å². The number of fused-ring (bicyclic) bond motifs is 1. The highest BCUT2D eigenvalue weighted by atomic mass is 16.5. The average Bonchev–Trinajstić information content (AvgIpc) is 3.30. The summed E-state index contributed by atoms with van der Waals surface area (Å²) in [7, 11) is 2.91. The van der Waals surface area contributed by atoms with Gasteiger partial charge in [0.25, 0.3) is 5.91 Å². The van der Waals surface area contributed by atoms with E-state index in [1.165, 1.54) is 24.9 Å². The maximum Gasteiger partial charge on any atom is 0.332 e. The molecule has 4 aromatic rings. The second kappa shape index (κ2) is 12.8. The first-order chi connectivity index (χ1) is 19.4. The van der Waals surface area contributed by atoms with Gasteiger partial charge in [0.1, 0.15) is 11.3 Å². The number of aromatic amines is 1. The summed E-state index contributed by atoms with van der Waals surface area (Å²) in [6, 6.07) is 11.5. The summed E-state index contributed by atoms with van der Waals surface area (Å²) in [4.78, 5) is 49.3. The van der Waals surface area contributed by atoms with Gasteiger partial charge in [-0.25, -0.2) is 24.8 Å². The number of ether oxygens (including phenoxy) is 2. The van der Waals surface area contributed by atoms with Crippen LogP contribution in [-0.4, -0.2) is 62.4 Å². The fourth-order valence-corrected chi connectivity index (χ4v) is 4.25. The number of hydrogen-bond donors (Lipinski definition) is 5. The van der Waals surface area contributed by atoms with E-state index in [9.17, 15) is 19.5 Å². The number of carbonyl (C=O) groups excluding carboxylic acids is 2. The van der Waals surface area contributed by atoms with Crippen LogP contribution in [0.25, 0.3) is 28.2 Å². The number of para-hydroxylation sites is 2. The number of benzene rings is 2. The lowest BCUT2D eigenvalue weighted by molar-refractivity contribution is -0.129. The number of H-pyrrole nitrogens is 1. The van der Waals surface area contributed by atoms with Crippen LogP contribution in [0.1, 0.15) is 42.6 Å². The number of unbranched alkanes of at least 4 members (excludes halogenated alkanes) is 3. The Morgan fingerprint density at radius 2 is 1.75 bits per heavy atom.